The van der Waals surface area contributed by atoms with E-state index in [0.29, 0.717) is 35.6 Å². The second-order valence-corrected chi connectivity index (χ2v) is 11.8. The first-order valence-electron chi connectivity index (χ1n) is 12.0. The summed E-state index contributed by atoms with van der Waals surface area (Å²) in [6.07, 6.45) is 1.30. The Balaban J connectivity index is 1.37. The van der Waals surface area contributed by atoms with Gasteiger partial charge < -0.3 is 20.5 Å². The number of rotatable bonds is 9. The number of phenolic OH excluding ortho intramolecular Hbond substituents is 1. The Bertz CT molecular complexity index is 1690. The van der Waals surface area contributed by atoms with Crippen LogP contribution in [0.3, 0.4) is 0 Å². The molecule has 0 saturated carbocycles. The highest BCUT2D eigenvalue weighted by atomic mass is 32.2. The largest absolute Gasteiger partial charge is 0.504 e. The fourth-order valence-corrected chi connectivity index (χ4v) is 6.68. The van der Waals surface area contributed by atoms with Crippen LogP contribution in [0.4, 0.5) is 24.0 Å². The highest BCUT2D eigenvalue weighted by Gasteiger charge is 2.29. The van der Waals surface area contributed by atoms with E-state index < -0.39 is 27.5 Å². The summed E-state index contributed by atoms with van der Waals surface area (Å²) < 4.78 is 75.1. The number of methoxy groups -OCH3 is 1. The van der Waals surface area contributed by atoms with E-state index in [1.165, 1.54) is 19.4 Å². The van der Waals surface area contributed by atoms with Gasteiger partial charge in [-0.3, -0.25) is 4.72 Å². The smallest absolute Gasteiger partial charge is 0.281 e. The molecule has 0 amide bonds. The second kappa shape index (κ2) is 10.9. The van der Waals surface area contributed by atoms with Gasteiger partial charge in [-0.2, -0.15) is 8.42 Å². The van der Waals surface area contributed by atoms with Crippen LogP contribution in [0.1, 0.15) is 21.9 Å². The van der Waals surface area contributed by atoms with Crippen LogP contribution in [-0.4, -0.2) is 43.7 Å². The summed E-state index contributed by atoms with van der Waals surface area (Å²) in [5.74, 6) is -2.76. The van der Waals surface area contributed by atoms with Gasteiger partial charge in [-0.25, -0.2) is 23.1 Å². The molecule has 0 unspecified atom stereocenters. The Hall–Kier alpha value is -3.88. The van der Waals surface area contributed by atoms with Crippen molar-refractivity contribution in [3.05, 3.63) is 76.1 Å². The summed E-state index contributed by atoms with van der Waals surface area (Å²) in [4.78, 5) is 9.27. The molecule has 1 aliphatic rings. The number of hydrogen-bond acceptors (Lipinski definition) is 9. The first kappa shape index (κ1) is 27.7. The summed E-state index contributed by atoms with van der Waals surface area (Å²) in [6.45, 7) is 2.90. The van der Waals surface area contributed by atoms with Gasteiger partial charge in [0.25, 0.3) is 10.0 Å². The highest BCUT2D eigenvalue weighted by molar-refractivity contribution is 7.92. The van der Waals surface area contributed by atoms with E-state index in [0.717, 1.165) is 40.5 Å². The highest BCUT2D eigenvalue weighted by Crippen LogP contribution is 2.39. The summed E-state index contributed by atoms with van der Waals surface area (Å²) >= 11 is 1.13. The van der Waals surface area contributed by atoms with Gasteiger partial charge in [-0.1, -0.05) is 0 Å². The van der Waals surface area contributed by atoms with E-state index in [1.54, 1.807) is 13.0 Å². The van der Waals surface area contributed by atoms with Gasteiger partial charge in [-0.15, -0.1) is 11.3 Å². The molecule has 4 N–H and O–H groups in total. The molecular weight excluding hydrogens is 567 g/mol. The van der Waals surface area contributed by atoms with Crippen molar-refractivity contribution < 1.29 is 31.4 Å². The van der Waals surface area contributed by atoms with Crippen molar-refractivity contribution in [2.24, 2.45) is 0 Å². The Morgan fingerprint density at radius 2 is 1.93 bits per heavy atom. The van der Waals surface area contributed by atoms with Crippen LogP contribution in [0.2, 0.25) is 0 Å². The number of benzene rings is 2. The molecule has 0 spiro atoms. The normalized spacial score (nSPS) is 13.6. The van der Waals surface area contributed by atoms with Crippen molar-refractivity contribution in [3.8, 4) is 22.8 Å². The van der Waals surface area contributed by atoms with E-state index in [1.807, 2.05) is 0 Å². The SMILES string of the molecule is COc1cc(F)cc(CNc2cnc(S(=O)(=O)Nc3nc(-c4ccc(F)c(F)c4)c(C4CNC4)s3)c(C)c2)c1O. The van der Waals surface area contributed by atoms with Crippen molar-refractivity contribution in [1.29, 1.82) is 0 Å². The fourth-order valence-electron chi connectivity index (χ4n) is 4.20. The molecule has 1 saturated heterocycles. The van der Waals surface area contributed by atoms with Gasteiger partial charge >= 0.3 is 0 Å². The average Bonchev–Trinajstić information content (AvgIpc) is 3.26. The van der Waals surface area contributed by atoms with Gasteiger partial charge in [-0.05, 0) is 42.8 Å². The first-order chi connectivity index (χ1) is 19.1. The standard InChI is InChI=1S/C26H24F3N5O4S2/c1-13-5-18(31-11-15-6-17(27)8-21(38-2)23(15)35)12-32-25(13)40(36,37)34-26-33-22(24(39-26)16-9-30-10-16)14-3-4-19(28)20(29)7-14/h3-8,12,16,30-31,35H,9-11H2,1-2H3,(H,33,34). The van der Waals surface area contributed by atoms with Crippen molar-refractivity contribution in [3.63, 3.8) is 0 Å². The van der Waals surface area contributed by atoms with Crippen molar-refractivity contribution in [1.82, 2.24) is 15.3 Å². The number of aryl methyl sites for hydroxylation is 1. The molecule has 40 heavy (non-hydrogen) atoms. The Morgan fingerprint density at radius 3 is 2.58 bits per heavy atom. The third kappa shape index (κ3) is 5.55. The lowest BCUT2D eigenvalue weighted by molar-refractivity contribution is 0.367. The second-order valence-electron chi connectivity index (χ2n) is 9.14. The molecule has 210 valence electrons. The summed E-state index contributed by atoms with van der Waals surface area (Å²) in [5.41, 5.74) is 1.72. The van der Waals surface area contributed by atoms with E-state index in [2.05, 4.69) is 25.3 Å². The number of phenols is 1. The number of halogens is 3. The van der Waals surface area contributed by atoms with Crippen molar-refractivity contribution >= 4 is 32.2 Å². The molecule has 0 aliphatic carbocycles. The zero-order chi connectivity index (χ0) is 28.6. The molecule has 5 rings (SSSR count). The molecule has 1 fully saturated rings. The molecule has 4 aromatic rings. The molecule has 0 radical (unpaired) electrons. The van der Waals surface area contributed by atoms with Crippen LogP contribution >= 0.6 is 11.3 Å². The van der Waals surface area contributed by atoms with E-state index in [9.17, 15) is 26.7 Å². The molecule has 0 bridgehead atoms. The zero-order valence-corrected chi connectivity index (χ0v) is 22.9. The van der Waals surface area contributed by atoms with Gasteiger partial charge in [0.05, 0.1) is 24.7 Å². The molecule has 3 heterocycles. The van der Waals surface area contributed by atoms with Crippen LogP contribution in [0, 0.1) is 24.4 Å². The van der Waals surface area contributed by atoms with E-state index >= 15 is 0 Å². The number of anilines is 2. The average molecular weight is 592 g/mol. The number of hydrogen-bond donors (Lipinski definition) is 4. The van der Waals surface area contributed by atoms with E-state index in [4.69, 9.17) is 4.74 Å². The van der Waals surface area contributed by atoms with Crippen molar-refractivity contribution in [2.45, 2.75) is 24.4 Å². The summed E-state index contributed by atoms with van der Waals surface area (Å²) in [5, 5.41) is 16.2. The number of nitrogens with zero attached hydrogens (tertiary/aromatic N) is 2. The van der Waals surface area contributed by atoms with Gasteiger partial charge in [0.15, 0.2) is 33.3 Å². The summed E-state index contributed by atoms with van der Waals surface area (Å²) in [7, 11) is -2.85. The number of sulfonamides is 1. The minimum absolute atomic E-state index is 0.00902. The fraction of sp³-hybridized carbons (Fsp3) is 0.231. The predicted octanol–water partition coefficient (Wildman–Crippen LogP) is 4.74. The zero-order valence-electron chi connectivity index (χ0n) is 21.3. The van der Waals surface area contributed by atoms with Gasteiger partial charge in [0, 0.05) is 47.6 Å². The molecule has 2 aromatic carbocycles. The molecular formula is C26H24F3N5O4S2. The Labute approximate surface area is 232 Å². The first-order valence-corrected chi connectivity index (χ1v) is 14.3. The monoisotopic (exact) mass is 591 g/mol. The molecule has 14 heteroatoms. The maximum absolute atomic E-state index is 13.9. The Kier molecular flexibility index (Phi) is 7.57. The predicted molar refractivity (Wildman–Crippen MR) is 145 cm³/mol. The molecule has 1 aliphatic heterocycles. The van der Waals surface area contributed by atoms with Crippen LogP contribution in [0.15, 0.2) is 47.6 Å². The third-order valence-corrected chi connectivity index (χ3v) is 8.99. The topological polar surface area (TPSA) is 125 Å². The number of pyridine rings is 1. The minimum Gasteiger partial charge on any atom is -0.504 e. The molecule has 9 nitrogen and oxygen atoms in total. The number of ether oxygens (including phenoxy) is 1. The van der Waals surface area contributed by atoms with Crippen LogP contribution in [0.5, 0.6) is 11.5 Å². The quantitative estimate of drug-likeness (QED) is 0.220. The van der Waals surface area contributed by atoms with E-state index in [-0.39, 0.29) is 39.7 Å². The van der Waals surface area contributed by atoms with Gasteiger partial charge in [0.1, 0.15) is 5.82 Å². The molecule has 0 atom stereocenters. The summed E-state index contributed by atoms with van der Waals surface area (Å²) in [6, 6.07) is 7.21. The minimum atomic E-state index is -4.16. The number of aromatic hydroxyl groups is 1. The number of thiazole rings is 1. The van der Waals surface area contributed by atoms with Gasteiger partial charge in [0.2, 0.25) is 0 Å². The third-order valence-electron chi connectivity index (χ3n) is 6.33. The lowest BCUT2D eigenvalue weighted by Crippen LogP contribution is -2.39. The van der Waals surface area contributed by atoms with Crippen LogP contribution in [-0.2, 0) is 16.6 Å². The maximum atomic E-state index is 13.9. The lowest BCUT2D eigenvalue weighted by Gasteiger charge is -2.26. The molecule has 2 aromatic heterocycles. The lowest BCUT2D eigenvalue weighted by atomic mass is 9.97. The maximum Gasteiger partial charge on any atom is 0.281 e. The van der Waals surface area contributed by atoms with Crippen LogP contribution < -0.4 is 20.1 Å². The number of nitrogens with one attached hydrogen (secondary N) is 3. The van der Waals surface area contributed by atoms with Crippen LogP contribution in [0.25, 0.3) is 11.3 Å². The number of aromatic nitrogens is 2. The van der Waals surface area contributed by atoms with Crippen molar-refractivity contribution in [2.75, 3.05) is 30.2 Å². The Morgan fingerprint density at radius 1 is 1.15 bits per heavy atom.